The van der Waals surface area contributed by atoms with Gasteiger partial charge >= 0.3 is 0 Å². The van der Waals surface area contributed by atoms with Crippen molar-refractivity contribution in [3.05, 3.63) is 64.7 Å². The average Bonchev–Trinajstić information content (AvgIpc) is 2.38. The Morgan fingerprint density at radius 2 is 1.84 bits per heavy atom. The van der Waals surface area contributed by atoms with Gasteiger partial charge < -0.3 is 4.74 Å². The van der Waals surface area contributed by atoms with E-state index < -0.39 is 11.6 Å². The van der Waals surface area contributed by atoms with Gasteiger partial charge in [0.25, 0.3) is 0 Å². The summed E-state index contributed by atoms with van der Waals surface area (Å²) in [6, 6.07) is 10.00. The molecule has 2 aromatic carbocycles. The van der Waals surface area contributed by atoms with Crippen molar-refractivity contribution in [3.63, 3.8) is 0 Å². The average molecular weight is 283 g/mol. The van der Waals surface area contributed by atoms with Gasteiger partial charge in [0, 0.05) is 11.6 Å². The summed E-state index contributed by atoms with van der Waals surface area (Å²) < 4.78 is 31.2. The van der Waals surface area contributed by atoms with Gasteiger partial charge in [-0.05, 0) is 6.07 Å². The molecular formula is C14H9ClF2O2. The fourth-order valence-electron chi connectivity index (χ4n) is 1.51. The fourth-order valence-corrected chi connectivity index (χ4v) is 1.76. The molecule has 0 saturated carbocycles. The third kappa shape index (κ3) is 3.29. The van der Waals surface area contributed by atoms with Crippen LogP contribution in [0.4, 0.5) is 8.78 Å². The molecule has 2 nitrogen and oxygen atoms in total. The van der Waals surface area contributed by atoms with Gasteiger partial charge in [-0.3, -0.25) is 4.79 Å². The van der Waals surface area contributed by atoms with Gasteiger partial charge in [-0.2, -0.15) is 0 Å². The van der Waals surface area contributed by atoms with Crippen LogP contribution < -0.4 is 4.74 Å². The zero-order chi connectivity index (χ0) is 13.8. The second-order valence-electron chi connectivity index (χ2n) is 3.78. The molecule has 0 heterocycles. The first-order valence-electron chi connectivity index (χ1n) is 5.43. The topological polar surface area (TPSA) is 26.3 Å². The molecule has 0 aliphatic heterocycles. The van der Waals surface area contributed by atoms with Gasteiger partial charge in [0.1, 0.15) is 5.82 Å². The minimum absolute atomic E-state index is 0.210. The number of halogens is 3. The quantitative estimate of drug-likeness (QED) is 0.796. The van der Waals surface area contributed by atoms with Gasteiger partial charge in [-0.25, -0.2) is 8.78 Å². The highest BCUT2D eigenvalue weighted by Gasteiger charge is 2.13. The molecule has 0 aromatic heterocycles. The van der Waals surface area contributed by atoms with Crippen LogP contribution in [0.25, 0.3) is 0 Å². The molecular weight excluding hydrogens is 274 g/mol. The summed E-state index contributed by atoms with van der Waals surface area (Å²) in [6.07, 6.45) is 0. The number of ether oxygens (including phenoxy) is 1. The highest BCUT2D eigenvalue weighted by Crippen LogP contribution is 2.28. The lowest BCUT2D eigenvalue weighted by Gasteiger charge is -2.08. The molecule has 2 rings (SSSR count). The monoisotopic (exact) mass is 282 g/mol. The lowest BCUT2D eigenvalue weighted by molar-refractivity contribution is 0.0919. The maximum atomic E-state index is 13.4. The Hall–Kier alpha value is -1.94. The lowest BCUT2D eigenvalue weighted by atomic mass is 10.1. The van der Waals surface area contributed by atoms with Crippen LogP contribution in [0.3, 0.4) is 0 Å². The lowest BCUT2D eigenvalue weighted by Crippen LogP contribution is -2.12. The number of ketones is 1. The van der Waals surface area contributed by atoms with Crippen LogP contribution in [0.15, 0.2) is 42.5 Å². The van der Waals surface area contributed by atoms with Crippen LogP contribution in [0.2, 0.25) is 5.02 Å². The molecule has 2 aromatic rings. The predicted molar refractivity (Wildman–Crippen MR) is 67.6 cm³/mol. The highest BCUT2D eigenvalue weighted by atomic mass is 35.5. The Morgan fingerprint density at radius 3 is 2.47 bits per heavy atom. The molecule has 5 heteroatoms. The summed E-state index contributed by atoms with van der Waals surface area (Å²) in [5.74, 6) is -2.39. The second kappa shape index (κ2) is 5.80. The summed E-state index contributed by atoms with van der Waals surface area (Å²) in [5.41, 5.74) is 0.446. The molecule has 98 valence electrons. The van der Waals surface area contributed by atoms with Crippen LogP contribution >= 0.6 is 11.6 Å². The maximum absolute atomic E-state index is 13.4. The molecule has 0 bridgehead atoms. The molecule has 19 heavy (non-hydrogen) atoms. The van der Waals surface area contributed by atoms with Crippen LogP contribution in [-0.4, -0.2) is 12.4 Å². The van der Waals surface area contributed by atoms with E-state index in [1.807, 2.05) is 0 Å². The summed E-state index contributed by atoms with van der Waals surface area (Å²) in [7, 11) is 0. The van der Waals surface area contributed by atoms with Crippen molar-refractivity contribution >= 4 is 17.4 Å². The minimum Gasteiger partial charge on any atom is -0.481 e. The van der Waals surface area contributed by atoms with Crippen molar-refractivity contribution in [2.24, 2.45) is 0 Å². The van der Waals surface area contributed by atoms with Crippen molar-refractivity contribution in [2.75, 3.05) is 6.61 Å². The molecule has 0 aliphatic rings. The maximum Gasteiger partial charge on any atom is 0.200 e. The van der Waals surface area contributed by atoms with Crippen LogP contribution in [0.5, 0.6) is 5.75 Å². The second-order valence-corrected chi connectivity index (χ2v) is 4.18. The Morgan fingerprint density at radius 1 is 1.16 bits per heavy atom. The van der Waals surface area contributed by atoms with Crippen molar-refractivity contribution in [1.82, 2.24) is 0 Å². The standard InChI is InChI=1S/C14H9ClF2O2/c15-11-6-10(16)7-12(17)14(11)19-8-13(18)9-4-2-1-3-5-9/h1-7H,8H2. The number of hydrogen-bond acceptors (Lipinski definition) is 2. The third-order valence-corrected chi connectivity index (χ3v) is 2.69. The molecule has 0 radical (unpaired) electrons. The molecule has 0 spiro atoms. The largest absolute Gasteiger partial charge is 0.481 e. The smallest absolute Gasteiger partial charge is 0.200 e. The molecule has 0 unspecified atom stereocenters. The van der Waals surface area contributed by atoms with Crippen molar-refractivity contribution in [2.45, 2.75) is 0 Å². The molecule has 0 N–H and O–H groups in total. The molecule has 0 saturated heterocycles. The zero-order valence-corrected chi connectivity index (χ0v) is 10.5. The van der Waals surface area contributed by atoms with Crippen LogP contribution in [-0.2, 0) is 0 Å². The van der Waals surface area contributed by atoms with Crippen LogP contribution in [0.1, 0.15) is 10.4 Å². The number of rotatable bonds is 4. The summed E-state index contributed by atoms with van der Waals surface area (Å²) >= 11 is 5.65. The zero-order valence-electron chi connectivity index (χ0n) is 9.70. The Balaban J connectivity index is 2.10. The molecule has 0 fully saturated rings. The number of Topliss-reactive ketones (excluding diaryl/α,β-unsaturated/α-hetero) is 1. The van der Waals surface area contributed by atoms with E-state index >= 15 is 0 Å². The normalized spacial score (nSPS) is 10.3. The first-order chi connectivity index (χ1) is 9.08. The molecule has 0 aliphatic carbocycles. The van der Waals surface area contributed by atoms with E-state index in [2.05, 4.69) is 0 Å². The van der Waals surface area contributed by atoms with E-state index in [9.17, 15) is 13.6 Å². The molecule has 0 amide bonds. The summed E-state index contributed by atoms with van der Waals surface area (Å²) in [6.45, 7) is -0.369. The summed E-state index contributed by atoms with van der Waals surface area (Å²) in [4.78, 5) is 11.7. The van der Waals surface area contributed by atoms with E-state index in [-0.39, 0.29) is 23.2 Å². The van der Waals surface area contributed by atoms with Gasteiger partial charge in [0.15, 0.2) is 24.0 Å². The first kappa shape index (κ1) is 13.5. The van der Waals surface area contributed by atoms with E-state index in [4.69, 9.17) is 16.3 Å². The number of hydrogen-bond donors (Lipinski definition) is 0. The molecule has 0 atom stereocenters. The van der Waals surface area contributed by atoms with Gasteiger partial charge in [0.05, 0.1) is 5.02 Å². The number of carbonyl (C=O) groups is 1. The van der Waals surface area contributed by atoms with Crippen molar-refractivity contribution in [1.29, 1.82) is 0 Å². The fraction of sp³-hybridized carbons (Fsp3) is 0.0714. The van der Waals surface area contributed by atoms with Gasteiger partial charge in [-0.1, -0.05) is 41.9 Å². The van der Waals surface area contributed by atoms with E-state index in [0.29, 0.717) is 11.6 Å². The van der Waals surface area contributed by atoms with Crippen molar-refractivity contribution in [3.8, 4) is 5.75 Å². The van der Waals surface area contributed by atoms with Gasteiger partial charge in [0.2, 0.25) is 0 Å². The van der Waals surface area contributed by atoms with E-state index in [0.717, 1.165) is 6.07 Å². The number of benzene rings is 2. The minimum atomic E-state index is -0.939. The van der Waals surface area contributed by atoms with Gasteiger partial charge in [-0.15, -0.1) is 0 Å². The predicted octanol–water partition coefficient (Wildman–Crippen LogP) is 3.88. The van der Waals surface area contributed by atoms with E-state index in [1.165, 1.54) is 0 Å². The number of carbonyl (C=O) groups excluding carboxylic acids is 1. The Kier molecular flexibility index (Phi) is 4.12. The van der Waals surface area contributed by atoms with E-state index in [1.54, 1.807) is 30.3 Å². The summed E-state index contributed by atoms with van der Waals surface area (Å²) in [5, 5.41) is -0.210. The highest BCUT2D eigenvalue weighted by molar-refractivity contribution is 6.32. The Bertz CT molecular complexity index is 577. The van der Waals surface area contributed by atoms with Crippen molar-refractivity contribution < 1.29 is 18.3 Å². The Labute approximate surface area is 113 Å². The van der Waals surface area contributed by atoms with Crippen LogP contribution in [0, 0.1) is 11.6 Å². The first-order valence-corrected chi connectivity index (χ1v) is 5.81. The SMILES string of the molecule is O=C(COc1c(F)cc(F)cc1Cl)c1ccccc1. The third-order valence-electron chi connectivity index (χ3n) is 2.41.